The zero-order chi connectivity index (χ0) is 28.5. The summed E-state index contributed by atoms with van der Waals surface area (Å²) in [7, 11) is 0. The maximum atomic E-state index is 13.3. The molecule has 0 aliphatic rings. The van der Waals surface area contributed by atoms with Crippen LogP contribution in [0.4, 0.5) is 5.69 Å². The van der Waals surface area contributed by atoms with Crippen molar-refractivity contribution in [3.63, 3.8) is 0 Å². The van der Waals surface area contributed by atoms with Crippen LogP contribution in [0, 0.1) is 0 Å². The summed E-state index contributed by atoms with van der Waals surface area (Å²) in [5.74, 6) is -5.75. The van der Waals surface area contributed by atoms with E-state index >= 15 is 0 Å². The average molecular weight is 574 g/mol. The molecule has 0 unspecified atom stereocenters. The molecule has 3 aromatic rings. The number of carboxylic acids is 1. The number of ether oxygens (including phenoxy) is 3. The first-order chi connectivity index (χ1) is 18.6. The molecule has 0 heterocycles. The topological polar surface area (TPSA) is 145 Å². The number of halogens is 2. The highest BCUT2D eigenvalue weighted by Crippen LogP contribution is 2.19. The molecule has 1 amide bonds. The molecule has 0 aromatic heterocycles. The van der Waals surface area contributed by atoms with Gasteiger partial charge in [-0.25, -0.2) is 19.2 Å². The molecular formula is C27H21Cl2NO9. The monoisotopic (exact) mass is 573 g/mol. The molecule has 0 saturated heterocycles. The fourth-order valence-corrected chi connectivity index (χ4v) is 3.44. The largest absolute Gasteiger partial charge is 0.478 e. The van der Waals surface area contributed by atoms with Gasteiger partial charge in [0.1, 0.15) is 0 Å². The highest BCUT2D eigenvalue weighted by atomic mass is 35.5. The van der Waals surface area contributed by atoms with Crippen molar-refractivity contribution in [3.05, 3.63) is 99.5 Å². The Kier molecular flexibility index (Phi) is 10.0. The van der Waals surface area contributed by atoms with Crippen LogP contribution in [0.2, 0.25) is 10.0 Å². The average Bonchev–Trinajstić information content (AvgIpc) is 2.91. The van der Waals surface area contributed by atoms with Gasteiger partial charge in [-0.3, -0.25) is 4.79 Å². The molecule has 0 aliphatic carbocycles. The van der Waals surface area contributed by atoms with Gasteiger partial charge in [0.05, 0.1) is 23.3 Å². The number of aliphatic carboxylic acids is 1. The second-order valence-electron chi connectivity index (χ2n) is 7.79. The van der Waals surface area contributed by atoms with Gasteiger partial charge in [0.2, 0.25) is 12.2 Å². The van der Waals surface area contributed by atoms with E-state index in [0.29, 0.717) is 10.0 Å². The first-order valence-electron chi connectivity index (χ1n) is 11.3. The lowest BCUT2D eigenvalue weighted by atomic mass is 10.1. The van der Waals surface area contributed by atoms with E-state index in [0.717, 1.165) is 0 Å². The number of hydrogen-bond acceptors (Lipinski definition) is 8. The number of carbonyl (C=O) groups excluding carboxylic acids is 4. The number of anilines is 1. The summed E-state index contributed by atoms with van der Waals surface area (Å²) in [6, 6.07) is 16.3. The quantitative estimate of drug-likeness (QED) is 0.261. The van der Waals surface area contributed by atoms with Crippen molar-refractivity contribution < 1.29 is 43.3 Å². The standard InChI is InChI=1S/C27H21Cl2NO9/c1-2-37-25(34)17-4-3-5-20(14-17)30-23(31)21(38-26(35)15-6-10-18(28)11-7-15)22(24(32)33)39-27(36)16-8-12-19(29)13-9-16/h3-14,21-22H,2H2,1H3,(H,30,31)(H,32,33)/t21-,22+/m0/s1. The Hall–Kier alpha value is -4.41. The van der Waals surface area contributed by atoms with Crippen LogP contribution in [0.5, 0.6) is 0 Å². The molecule has 10 nitrogen and oxygen atoms in total. The summed E-state index contributed by atoms with van der Waals surface area (Å²) in [5, 5.41) is 12.9. The molecule has 0 radical (unpaired) electrons. The summed E-state index contributed by atoms with van der Waals surface area (Å²) in [6.45, 7) is 1.75. The smallest absolute Gasteiger partial charge is 0.349 e. The predicted octanol–water partition coefficient (Wildman–Crippen LogP) is 4.64. The van der Waals surface area contributed by atoms with Crippen molar-refractivity contribution in [3.8, 4) is 0 Å². The predicted molar refractivity (Wildman–Crippen MR) is 140 cm³/mol. The van der Waals surface area contributed by atoms with Crippen molar-refractivity contribution in [2.75, 3.05) is 11.9 Å². The number of carboxylic acid groups (broad SMARTS) is 1. The summed E-state index contributed by atoms with van der Waals surface area (Å²) in [6.07, 6.45) is -4.40. The number of rotatable bonds is 10. The Labute approximate surface area is 232 Å². The van der Waals surface area contributed by atoms with E-state index in [9.17, 15) is 29.1 Å². The van der Waals surface area contributed by atoms with Crippen LogP contribution in [0.15, 0.2) is 72.8 Å². The van der Waals surface area contributed by atoms with E-state index in [1.165, 1.54) is 72.8 Å². The van der Waals surface area contributed by atoms with Crippen molar-refractivity contribution in [1.29, 1.82) is 0 Å². The van der Waals surface area contributed by atoms with Crippen molar-refractivity contribution in [1.82, 2.24) is 0 Å². The number of esters is 3. The minimum absolute atomic E-state index is 0.0466. The number of amides is 1. The molecule has 39 heavy (non-hydrogen) atoms. The van der Waals surface area contributed by atoms with E-state index in [4.69, 9.17) is 37.4 Å². The molecule has 2 N–H and O–H groups in total. The third-order valence-corrected chi connectivity index (χ3v) is 5.55. The third-order valence-electron chi connectivity index (χ3n) is 5.05. The van der Waals surface area contributed by atoms with E-state index in [1.54, 1.807) is 6.92 Å². The van der Waals surface area contributed by atoms with Crippen molar-refractivity contribution in [2.24, 2.45) is 0 Å². The molecule has 202 valence electrons. The molecule has 0 spiro atoms. The summed E-state index contributed by atoms with van der Waals surface area (Å²) < 4.78 is 15.3. The number of nitrogens with one attached hydrogen (secondary N) is 1. The molecule has 3 rings (SSSR count). The molecule has 0 saturated carbocycles. The number of hydrogen-bond donors (Lipinski definition) is 2. The summed E-state index contributed by atoms with van der Waals surface area (Å²) in [5.41, 5.74) is 0.0604. The minimum atomic E-state index is -2.25. The Morgan fingerprint density at radius 2 is 1.26 bits per heavy atom. The van der Waals surface area contributed by atoms with Crippen LogP contribution in [0.1, 0.15) is 38.0 Å². The Bertz CT molecular complexity index is 1370. The maximum absolute atomic E-state index is 13.3. The van der Waals surface area contributed by atoms with Gasteiger partial charge in [-0.05, 0) is 73.7 Å². The van der Waals surface area contributed by atoms with E-state index < -0.39 is 42.0 Å². The number of carbonyl (C=O) groups is 5. The molecule has 0 fully saturated rings. The zero-order valence-electron chi connectivity index (χ0n) is 20.3. The van der Waals surface area contributed by atoms with Crippen LogP contribution in [-0.2, 0) is 23.8 Å². The highest BCUT2D eigenvalue weighted by Gasteiger charge is 2.41. The van der Waals surface area contributed by atoms with Crippen LogP contribution in [-0.4, -0.2) is 53.7 Å². The molecule has 12 heteroatoms. The van der Waals surface area contributed by atoms with Gasteiger partial charge in [-0.15, -0.1) is 0 Å². The number of benzene rings is 3. The van der Waals surface area contributed by atoms with Crippen molar-refractivity contribution >= 4 is 58.7 Å². The summed E-state index contributed by atoms with van der Waals surface area (Å²) in [4.78, 5) is 62.9. The van der Waals surface area contributed by atoms with Gasteiger partial charge < -0.3 is 24.6 Å². The lowest BCUT2D eigenvalue weighted by molar-refractivity contribution is -0.157. The van der Waals surface area contributed by atoms with Gasteiger partial charge in [0.15, 0.2) is 0 Å². The lowest BCUT2D eigenvalue weighted by Gasteiger charge is -2.23. The van der Waals surface area contributed by atoms with Gasteiger partial charge in [0.25, 0.3) is 5.91 Å². The molecule has 3 aromatic carbocycles. The second-order valence-corrected chi connectivity index (χ2v) is 8.67. The van der Waals surface area contributed by atoms with Crippen LogP contribution < -0.4 is 5.32 Å². The van der Waals surface area contributed by atoms with Gasteiger partial charge >= 0.3 is 23.9 Å². The molecule has 0 aliphatic heterocycles. The normalized spacial score (nSPS) is 12.0. The van der Waals surface area contributed by atoms with Crippen LogP contribution in [0.3, 0.4) is 0 Å². The SMILES string of the molecule is CCOC(=O)c1cccc(NC(=O)[C@@H](OC(=O)c2ccc(Cl)cc2)[C@@H](OC(=O)c2ccc(Cl)cc2)C(=O)O)c1. The molecular weight excluding hydrogens is 553 g/mol. The molecule has 2 atom stereocenters. The lowest BCUT2D eigenvalue weighted by Crippen LogP contribution is -2.48. The fourth-order valence-electron chi connectivity index (χ4n) is 3.18. The van der Waals surface area contributed by atoms with E-state index in [-0.39, 0.29) is 29.0 Å². The van der Waals surface area contributed by atoms with Crippen LogP contribution >= 0.6 is 23.2 Å². The van der Waals surface area contributed by atoms with Crippen molar-refractivity contribution in [2.45, 2.75) is 19.1 Å². The first kappa shape index (κ1) is 29.2. The van der Waals surface area contributed by atoms with Gasteiger partial charge in [0, 0.05) is 15.7 Å². The summed E-state index contributed by atoms with van der Waals surface area (Å²) >= 11 is 11.7. The second kappa shape index (κ2) is 13.4. The minimum Gasteiger partial charge on any atom is -0.478 e. The van der Waals surface area contributed by atoms with Gasteiger partial charge in [-0.2, -0.15) is 0 Å². The molecule has 0 bridgehead atoms. The fraction of sp³-hybridized carbons (Fsp3) is 0.148. The van der Waals surface area contributed by atoms with Gasteiger partial charge in [-0.1, -0.05) is 29.3 Å². The van der Waals surface area contributed by atoms with E-state index in [1.807, 2.05) is 0 Å². The Morgan fingerprint density at radius 1 is 0.744 bits per heavy atom. The Balaban J connectivity index is 1.92. The third kappa shape index (κ3) is 8.03. The van der Waals surface area contributed by atoms with Crippen LogP contribution in [0.25, 0.3) is 0 Å². The Morgan fingerprint density at radius 3 is 1.74 bits per heavy atom. The first-order valence-corrected chi connectivity index (χ1v) is 12.1. The van der Waals surface area contributed by atoms with E-state index in [2.05, 4.69) is 5.32 Å². The zero-order valence-corrected chi connectivity index (χ0v) is 21.8. The highest BCUT2D eigenvalue weighted by molar-refractivity contribution is 6.31. The maximum Gasteiger partial charge on any atom is 0.349 e.